The highest BCUT2D eigenvalue weighted by atomic mass is 32.1. The van der Waals surface area contributed by atoms with Crippen LogP contribution < -0.4 is 0 Å². The molecule has 0 aliphatic heterocycles. The lowest BCUT2D eigenvalue weighted by molar-refractivity contribution is 0.801. The van der Waals surface area contributed by atoms with Gasteiger partial charge in [-0.1, -0.05) is 30.3 Å². The lowest BCUT2D eigenvalue weighted by atomic mass is 10.2. The summed E-state index contributed by atoms with van der Waals surface area (Å²) in [5, 5.41) is 1.08. The highest BCUT2D eigenvalue weighted by molar-refractivity contribution is 7.71. The van der Waals surface area contributed by atoms with Crippen LogP contribution in [0, 0.1) is 11.7 Å². The second kappa shape index (κ2) is 5.11. The van der Waals surface area contributed by atoms with E-state index in [0.717, 1.165) is 27.6 Å². The Balaban J connectivity index is 2.02. The molecule has 2 aromatic heterocycles. The molecule has 0 saturated carbocycles. The molecule has 3 rings (SSSR count). The van der Waals surface area contributed by atoms with Crippen LogP contribution in [-0.4, -0.2) is 14.5 Å². The van der Waals surface area contributed by atoms with Crippen molar-refractivity contribution in [2.24, 2.45) is 0 Å². The summed E-state index contributed by atoms with van der Waals surface area (Å²) >= 11 is 7.08. The standard InChI is InChI=1S/C14H13N3S2/c1-10-15-7-12(19-10)9-17-13(8-16-14(17)18)11-5-3-2-4-6-11/h2-8H,9H2,1H3,(H,16,18). The van der Waals surface area contributed by atoms with Gasteiger partial charge in [-0.05, 0) is 24.7 Å². The van der Waals surface area contributed by atoms with Gasteiger partial charge in [0, 0.05) is 17.3 Å². The molecule has 0 spiro atoms. The van der Waals surface area contributed by atoms with E-state index in [1.165, 1.54) is 4.88 Å². The molecule has 0 unspecified atom stereocenters. The second-order valence-electron chi connectivity index (χ2n) is 4.28. The number of benzene rings is 1. The zero-order valence-corrected chi connectivity index (χ0v) is 12.1. The highest BCUT2D eigenvalue weighted by Crippen LogP contribution is 2.22. The minimum Gasteiger partial charge on any atom is -0.337 e. The molecule has 0 amide bonds. The molecule has 0 aliphatic carbocycles. The van der Waals surface area contributed by atoms with E-state index < -0.39 is 0 Å². The molecule has 96 valence electrons. The van der Waals surface area contributed by atoms with Crippen LogP contribution >= 0.6 is 23.6 Å². The van der Waals surface area contributed by atoms with E-state index >= 15 is 0 Å². The summed E-state index contributed by atoms with van der Waals surface area (Å²) in [7, 11) is 0. The average molecular weight is 287 g/mol. The maximum Gasteiger partial charge on any atom is 0.177 e. The fraction of sp³-hybridized carbons (Fsp3) is 0.143. The Labute approximate surface area is 120 Å². The lowest BCUT2D eigenvalue weighted by Gasteiger charge is -2.06. The number of rotatable bonds is 3. The lowest BCUT2D eigenvalue weighted by Crippen LogP contribution is -2.00. The zero-order chi connectivity index (χ0) is 13.2. The predicted molar refractivity (Wildman–Crippen MR) is 81.0 cm³/mol. The number of H-pyrrole nitrogens is 1. The number of aromatic nitrogens is 3. The number of hydrogen-bond donors (Lipinski definition) is 1. The first kappa shape index (κ1) is 12.3. The first-order chi connectivity index (χ1) is 9.24. The molecule has 5 heteroatoms. The number of nitrogens with zero attached hydrogens (tertiary/aromatic N) is 2. The topological polar surface area (TPSA) is 33.6 Å². The van der Waals surface area contributed by atoms with Crippen LogP contribution in [0.25, 0.3) is 11.3 Å². The number of aromatic amines is 1. The van der Waals surface area contributed by atoms with Crippen molar-refractivity contribution in [3.63, 3.8) is 0 Å². The van der Waals surface area contributed by atoms with Gasteiger partial charge in [-0.25, -0.2) is 4.98 Å². The fourth-order valence-electron chi connectivity index (χ4n) is 2.03. The van der Waals surface area contributed by atoms with E-state index in [9.17, 15) is 0 Å². The van der Waals surface area contributed by atoms with Gasteiger partial charge in [0.2, 0.25) is 0 Å². The molecule has 3 nitrogen and oxygen atoms in total. The van der Waals surface area contributed by atoms with Crippen molar-refractivity contribution in [3.05, 3.63) is 57.4 Å². The van der Waals surface area contributed by atoms with Gasteiger partial charge in [0.25, 0.3) is 0 Å². The van der Waals surface area contributed by atoms with Gasteiger partial charge < -0.3 is 9.55 Å². The summed E-state index contributed by atoms with van der Waals surface area (Å²) in [6, 6.07) is 10.3. The molecule has 0 radical (unpaired) electrons. The molecule has 0 atom stereocenters. The SMILES string of the molecule is Cc1ncc(Cn2c(-c3ccccc3)c[nH]c2=S)s1. The number of thiazole rings is 1. The van der Waals surface area contributed by atoms with Crippen LogP contribution in [0.1, 0.15) is 9.88 Å². The van der Waals surface area contributed by atoms with Crippen molar-refractivity contribution in [2.75, 3.05) is 0 Å². The first-order valence-corrected chi connectivity index (χ1v) is 7.21. The van der Waals surface area contributed by atoms with Gasteiger partial charge in [-0.3, -0.25) is 0 Å². The summed E-state index contributed by atoms with van der Waals surface area (Å²) in [6.45, 7) is 2.78. The van der Waals surface area contributed by atoms with Crippen LogP contribution in [0.3, 0.4) is 0 Å². The third-order valence-corrected chi connectivity index (χ3v) is 4.16. The Bertz CT molecular complexity index is 737. The zero-order valence-electron chi connectivity index (χ0n) is 10.5. The van der Waals surface area contributed by atoms with E-state index in [1.807, 2.05) is 37.5 Å². The monoisotopic (exact) mass is 287 g/mol. The Morgan fingerprint density at radius 3 is 2.79 bits per heavy atom. The summed E-state index contributed by atoms with van der Waals surface area (Å²) in [4.78, 5) is 8.63. The Morgan fingerprint density at radius 2 is 2.11 bits per heavy atom. The smallest absolute Gasteiger partial charge is 0.177 e. The number of imidazole rings is 1. The molecular weight excluding hydrogens is 274 g/mol. The van der Waals surface area contributed by atoms with E-state index in [-0.39, 0.29) is 0 Å². The molecule has 0 bridgehead atoms. The normalized spacial score (nSPS) is 10.8. The van der Waals surface area contributed by atoms with Crippen molar-refractivity contribution in [2.45, 2.75) is 13.5 Å². The number of aryl methyl sites for hydroxylation is 1. The van der Waals surface area contributed by atoms with Crippen molar-refractivity contribution < 1.29 is 0 Å². The second-order valence-corrected chi connectivity index (χ2v) is 5.98. The minimum absolute atomic E-state index is 0.741. The van der Waals surface area contributed by atoms with Gasteiger partial charge in [-0.15, -0.1) is 11.3 Å². The Morgan fingerprint density at radius 1 is 1.32 bits per heavy atom. The van der Waals surface area contributed by atoms with Gasteiger partial charge in [0.05, 0.1) is 17.2 Å². The van der Waals surface area contributed by atoms with Gasteiger partial charge in [0.15, 0.2) is 4.77 Å². The minimum atomic E-state index is 0.741. The van der Waals surface area contributed by atoms with Crippen LogP contribution in [-0.2, 0) is 6.54 Å². The molecule has 1 aromatic carbocycles. The number of nitrogens with one attached hydrogen (secondary N) is 1. The van der Waals surface area contributed by atoms with Gasteiger partial charge in [-0.2, -0.15) is 0 Å². The molecule has 2 heterocycles. The van der Waals surface area contributed by atoms with E-state index in [4.69, 9.17) is 12.2 Å². The quantitative estimate of drug-likeness (QED) is 0.738. The van der Waals surface area contributed by atoms with Crippen LogP contribution in [0.15, 0.2) is 42.7 Å². The molecule has 0 aliphatic rings. The molecule has 1 N–H and O–H groups in total. The third kappa shape index (κ3) is 2.52. The first-order valence-electron chi connectivity index (χ1n) is 5.99. The molecule has 3 aromatic rings. The largest absolute Gasteiger partial charge is 0.337 e. The summed E-state index contributed by atoms with van der Waals surface area (Å²) in [5.74, 6) is 0. The van der Waals surface area contributed by atoms with Crippen molar-refractivity contribution in [3.8, 4) is 11.3 Å². The Kier molecular flexibility index (Phi) is 3.31. The average Bonchev–Trinajstić information content (AvgIpc) is 2.99. The van der Waals surface area contributed by atoms with E-state index in [2.05, 4.69) is 26.7 Å². The summed E-state index contributed by atoms with van der Waals surface area (Å²) in [5.41, 5.74) is 2.27. The number of hydrogen-bond acceptors (Lipinski definition) is 3. The van der Waals surface area contributed by atoms with Crippen LogP contribution in [0.2, 0.25) is 0 Å². The highest BCUT2D eigenvalue weighted by Gasteiger charge is 2.08. The maximum atomic E-state index is 5.37. The van der Waals surface area contributed by atoms with E-state index in [0.29, 0.717) is 0 Å². The summed E-state index contributed by atoms with van der Waals surface area (Å²) < 4.78 is 2.85. The molecule has 19 heavy (non-hydrogen) atoms. The molecule has 0 saturated heterocycles. The van der Waals surface area contributed by atoms with Gasteiger partial charge >= 0.3 is 0 Å². The van der Waals surface area contributed by atoms with Gasteiger partial charge in [0.1, 0.15) is 0 Å². The molecule has 0 fully saturated rings. The summed E-state index contributed by atoms with van der Waals surface area (Å²) in [6.07, 6.45) is 3.88. The van der Waals surface area contributed by atoms with Crippen molar-refractivity contribution in [1.82, 2.24) is 14.5 Å². The van der Waals surface area contributed by atoms with Crippen molar-refractivity contribution in [1.29, 1.82) is 0 Å². The fourth-order valence-corrected chi connectivity index (χ4v) is 3.04. The Hall–Kier alpha value is -1.72. The molecular formula is C14H13N3S2. The third-order valence-electron chi connectivity index (χ3n) is 2.92. The predicted octanol–water partition coefficient (Wildman–Crippen LogP) is 4.03. The van der Waals surface area contributed by atoms with E-state index in [1.54, 1.807) is 11.3 Å². The van der Waals surface area contributed by atoms with Crippen LogP contribution in [0.5, 0.6) is 0 Å². The maximum absolute atomic E-state index is 5.37. The van der Waals surface area contributed by atoms with Crippen LogP contribution in [0.4, 0.5) is 0 Å². The van der Waals surface area contributed by atoms with Crippen molar-refractivity contribution >= 4 is 23.6 Å².